The van der Waals surface area contributed by atoms with Crippen molar-refractivity contribution < 1.29 is 24.2 Å². The molecule has 186 valence electrons. The number of para-hydroxylation sites is 1. The third-order valence-corrected chi connectivity index (χ3v) is 6.33. The van der Waals surface area contributed by atoms with Crippen LogP contribution in [0.4, 0.5) is 0 Å². The summed E-state index contributed by atoms with van der Waals surface area (Å²) in [6.45, 7) is 2.93. The number of Topliss-reactive ketones (excluding diaryl/α,β-unsaturated/α-hetero) is 1. The Labute approximate surface area is 211 Å². The van der Waals surface area contributed by atoms with Crippen molar-refractivity contribution in [3.05, 3.63) is 101 Å². The number of ketones is 1. The van der Waals surface area contributed by atoms with Gasteiger partial charge in [-0.15, -0.1) is 0 Å². The van der Waals surface area contributed by atoms with Gasteiger partial charge in [-0.1, -0.05) is 68.3 Å². The molecule has 4 rings (SSSR count). The molecule has 1 aliphatic heterocycles. The largest absolute Gasteiger partial charge is 0.507 e. The number of hydrogen-bond acceptors (Lipinski definition) is 5. The number of ether oxygens (including phenoxy) is 2. The lowest BCUT2D eigenvalue weighted by Gasteiger charge is -2.26. The molecule has 36 heavy (non-hydrogen) atoms. The monoisotopic (exact) mass is 485 g/mol. The number of nitrogens with zero attached hydrogens (tertiary/aromatic N) is 1. The molecular weight excluding hydrogens is 454 g/mol. The van der Waals surface area contributed by atoms with E-state index in [0.29, 0.717) is 23.7 Å². The normalized spacial score (nSPS) is 16.8. The topological polar surface area (TPSA) is 76.1 Å². The van der Waals surface area contributed by atoms with Crippen LogP contribution in [0.2, 0.25) is 0 Å². The second kappa shape index (κ2) is 11.6. The van der Waals surface area contributed by atoms with E-state index in [2.05, 4.69) is 6.92 Å². The van der Waals surface area contributed by atoms with Crippen molar-refractivity contribution in [1.82, 2.24) is 4.90 Å². The molecule has 0 radical (unpaired) electrons. The van der Waals surface area contributed by atoms with Crippen LogP contribution in [-0.4, -0.2) is 35.4 Å². The van der Waals surface area contributed by atoms with Crippen molar-refractivity contribution in [3.8, 4) is 11.5 Å². The van der Waals surface area contributed by atoms with Crippen molar-refractivity contribution in [1.29, 1.82) is 0 Å². The van der Waals surface area contributed by atoms with Gasteiger partial charge < -0.3 is 19.5 Å². The van der Waals surface area contributed by atoms with Gasteiger partial charge in [0.1, 0.15) is 17.3 Å². The number of aliphatic hydroxyl groups is 1. The first-order valence-corrected chi connectivity index (χ1v) is 12.2. The van der Waals surface area contributed by atoms with Gasteiger partial charge in [0.25, 0.3) is 11.7 Å². The average Bonchev–Trinajstić information content (AvgIpc) is 3.17. The molecule has 0 saturated carbocycles. The molecule has 1 atom stereocenters. The zero-order valence-corrected chi connectivity index (χ0v) is 20.6. The molecule has 1 unspecified atom stereocenters. The van der Waals surface area contributed by atoms with E-state index in [-0.39, 0.29) is 17.9 Å². The Morgan fingerprint density at radius 1 is 0.917 bits per heavy atom. The Morgan fingerprint density at radius 3 is 2.31 bits per heavy atom. The second-order valence-electron chi connectivity index (χ2n) is 8.73. The average molecular weight is 486 g/mol. The van der Waals surface area contributed by atoms with E-state index in [0.717, 1.165) is 30.4 Å². The third kappa shape index (κ3) is 5.28. The van der Waals surface area contributed by atoms with Gasteiger partial charge >= 0.3 is 0 Å². The van der Waals surface area contributed by atoms with Crippen LogP contribution in [0.15, 0.2) is 84.4 Å². The van der Waals surface area contributed by atoms with Crippen LogP contribution < -0.4 is 9.47 Å². The lowest BCUT2D eigenvalue weighted by molar-refractivity contribution is -0.140. The molecule has 1 fully saturated rings. The van der Waals surface area contributed by atoms with E-state index in [1.807, 2.05) is 54.6 Å². The summed E-state index contributed by atoms with van der Waals surface area (Å²) in [4.78, 5) is 28.0. The van der Waals surface area contributed by atoms with E-state index in [1.165, 1.54) is 4.90 Å². The molecule has 0 aromatic heterocycles. The summed E-state index contributed by atoms with van der Waals surface area (Å²) in [5.74, 6) is -0.259. The number of hydrogen-bond donors (Lipinski definition) is 1. The number of aliphatic hydroxyl groups excluding tert-OH is 1. The third-order valence-electron chi connectivity index (χ3n) is 6.33. The predicted molar refractivity (Wildman–Crippen MR) is 139 cm³/mol. The number of benzene rings is 3. The van der Waals surface area contributed by atoms with Crippen LogP contribution in [0.25, 0.3) is 5.76 Å². The van der Waals surface area contributed by atoms with Crippen molar-refractivity contribution in [2.75, 3.05) is 13.7 Å². The highest BCUT2D eigenvalue weighted by Gasteiger charge is 2.46. The SMILES string of the molecule is CCCCCOc1ccc(/C(O)=C2\C(=O)C(=O)N(Cc3ccccc3OC)C2c2ccccc2)cc1. The molecule has 1 N–H and O–H groups in total. The molecule has 3 aromatic rings. The van der Waals surface area contributed by atoms with Gasteiger partial charge in [0.2, 0.25) is 0 Å². The minimum atomic E-state index is -0.735. The number of likely N-dealkylation sites (tertiary alicyclic amines) is 1. The highest BCUT2D eigenvalue weighted by molar-refractivity contribution is 6.46. The van der Waals surface area contributed by atoms with Crippen LogP contribution in [0.5, 0.6) is 11.5 Å². The second-order valence-corrected chi connectivity index (χ2v) is 8.73. The molecule has 1 saturated heterocycles. The number of amides is 1. The number of methoxy groups -OCH3 is 1. The Hall–Kier alpha value is -4.06. The van der Waals surface area contributed by atoms with E-state index in [9.17, 15) is 14.7 Å². The number of rotatable bonds is 10. The summed E-state index contributed by atoms with van der Waals surface area (Å²) in [7, 11) is 1.57. The first kappa shape index (κ1) is 25.0. The van der Waals surface area contributed by atoms with Crippen LogP contribution in [0.1, 0.15) is 48.9 Å². The van der Waals surface area contributed by atoms with E-state index < -0.39 is 17.7 Å². The maximum absolute atomic E-state index is 13.3. The van der Waals surface area contributed by atoms with Gasteiger partial charge in [0.05, 0.1) is 31.9 Å². The number of unbranched alkanes of at least 4 members (excludes halogenated alkanes) is 2. The molecule has 6 nitrogen and oxygen atoms in total. The molecule has 0 bridgehead atoms. The lowest BCUT2D eigenvalue weighted by Crippen LogP contribution is -2.29. The molecule has 1 heterocycles. The Morgan fingerprint density at radius 2 is 1.61 bits per heavy atom. The summed E-state index contributed by atoms with van der Waals surface area (Å²) in [6, 6.07) is 22.9. The summed E-state index contributed by atoms with van der Waals surface area (Å²) >= 11 is 0. The van der Waals surface area contributed by atoms with E-state index in [1.54, 1.807) is 31.4 Å². The Kier molecular flexibility index (Phi) is 8.06. The van der Waals surface area contributed by atoms with E-state index >= 15 is 0 Å². The fourth-order valence-electron chi connectivity index (χ4n) is 4.45. The molecular formula is C30H31NO5. The van der Waals surface area contributed by atoms with Gasteiger partial charge in [-0.2, -0.15) is 0 Å². The predicted octanol–water partition coefficient (Wildman–Crippen LogP) is 5.89. The maximum atomic E-state index is 13.3. The Bertz CT molecular complexity index is 1230. The van der Waals surface area contributed by atoms with Crippen LogP contribution in [0, 0.1) is 0 Å². The molecule has 1 aliphatic rings. The molecule has 0 aliphatic carbocycles. The van der Waals surface area contributed by atoms with Crippen molar-refractivity contribution in [3.63, 3.8) is 0 Å². The summed E-state index contributed by atoms with van der Waals surface area (Å²) in [6.07, 6.45) is 3.20. The van der Waals surface area contributed by atoms with Crippen LogP contribution in [0.3, 0.4) is 0 Å². The lowest BCUT2D eigenvalue weighted by atomic mass is 9.95. The van der Waals surface area contributed by atoms with Crippen molar-refractivity contribution in [2.24, 2.45) is 0 Å². The minimum absolute atomic E-state index is 0.0673. The summed E-state index contributed by atoms with van der Waals surface area (Å²) in [5, 5.41) is 11.3. The van der Waals surface area contributed by atoms with E-state index in [4.69, 9.17) is 9.47 Å². The van der Waals surface area contributed by atoms with Gasteiger partial charge in [-0.05, 0) is 42.3 Å². The van der Waals surface area contributed by atoms with Gasteiger partial charge in [-0.3, -0.25) is 9.59 Å². The quantitative estimate of drug-likeness (QED) is 0.168. The zero-order chi connectivity index (χ0) is 25.5. The van der Waals surface area contributed by atoms with Gasteiger partial charge in [0, 0.05) is 11.1 Å². The standard InChI is InChI=1S/C30H31NO5/c1-3-4-10-19-36-24-17-15-22(16-18-24)28(32)26-27(21-11-6-5-7-12-21)31(30(34)29(26)33)20-23-13-8-9-14-25(23)35-2/h5-9,11-18,27,32H,3-4,10,19-20H2,1-2H3/b28-26+. The smallest absolute Gasteiger partial charge is 0.295 e. The minimum Gasteiger partial charge on any atom is -0.507 e. The van der Waals surface area contributed by atoms with Crippen molar-refractivity contribution in [2.45, 2.75) is 38.8 Å². The molecule has 0 spiro atoms. The highest BCUT2D eigenvalue weighted by atomic mass is 16.5. The first-order valence-electron chi connectivity index (χ1n) is 12.2. The highest BCUT2D eigenvalue weighted by Crippen LogP contribution is 2.41. The van der Waals surface area contributed by atoms with Crippen molar-refractivity contribution >= 4 is 17.4 Å². The zero-order valence-electron chi connectivity index (χ0n) is 20.6. The molecule has 3 aromatic carbocycles. The van der Waals surface area contributed by atoms with Gasteiger partial charge in [-0.25, -0.2) is 0 Å². The molecule has 6 heteroatoms. The fourth-order valence-corrected chi connectivity index (χ4v) is 4.45. The first-order chi connectivity index (χ1) is 17.5. The van der Waals surface area contributed by atoms with Crippen LogP contribution in [-0.2, 0) is 16.1 Å². The summed E-state index contributed by atoms with van der Waals surface area (Å²) in [5.41, 5.74) is 2.03. The fraction of sp³-hybridized carbons (Fsp3) is 0.267. The maximum Gasteiger partial charge on any atom is 0.295 e. The summed E-state index contributed by atoms with van der Waals surface area (Å²) < 4.78 is 11.2. The van der Waals surface area contributed by atoms with Crippen LogP contribution >= 0.6 is 0 Å². The van der Waals surface area contributed by atoms with Gasteiger partial charge in [0.15, 0.2) is 0 Å². The number of carbonyl (C=O) groups excluding carboxylic acids is 2. The number of carbonyl (C=O) groups is 2. The molecule has 1 amide bonds. The Balaban J connectivity index is 1.70.